The van der Waals surface area contributed by atoms with E-state index in [1.54, 1.807) is 42.6 Å². The first-order chi connectivity index (χ1) is 25.6. The van der Waals surface area contributed by atoms with Gasteiger partial charge >= 0.3 is 6.03 Å². The molecule has 2 aliphatic carbocycles. The average Bonchev–Trinajstić information content (AvgIpc) is 3.94. The predicted octanol–water partition coefficient (Wildman–Crippen LogP) is 5.13. The van der Waals surface area contributed by atoms with E-state index < -0.39 is 50.2 Å². The number of benzene rings is 1. The van der Waals surface area contributed by atoms with E-state index >= 15 is 0 Å². The Morgan fingerprint density at radius 3 is 2.61 bits per heavy atom. The Morgan fingerprint density at radius 2 is 1.93 bits per heavy atom. The average molecular weight is 781 g/mol. The molecular weight excluding hydrogens is 729 g/mol. The SMILES string of the molecule is COc1ccc2c(O[C@H]3CN4C(=O)N(C)CCCC/C=C\[C@@H]5C[C@@]5(C(=O)NS(=O)(=O)C5(C)CC5)NC(=O)[C@@H]4[C@@H]3C)cc(C3CSC(C(C)C)=N3)nc2c1C. The van der Waals surface area contributed by atoms with E-state index in [9.17, 15) is 22.8 Å². The number of hydrogen-bond donors (Lipinski definition) is 2. The maximum atomic E-state index is 14.5. The number of urea groups is 1. The number of nitrogens with zero attached hydrogens (tertiary/aromatic N) is 4. The fourth-order valence-corrected chi connectivity index (χ4v) is 10.3. The van der Waals surface area contributed by atoms with Crippen LogP contribution in [0.15, 0.2) is 35.3 Å². The van der Waals surface area contributed by atoms with Crippen LogP contribution in [0, 0.1) is 24.7 Å². The van der Waals surface area contributed by atoms with E-state index in [0.717, 1.165) is 52.2 Å². The second kappa shape index (κ2) is 14.3. The Kier molecular flexibility index (Phi) is 10.2. The van der Waals surface area contributed by atoms with Crippen LogP contribution in [0.2, 0.25) is 0 Å². The lowest BCUT2D eigenvalue weighted by molar-refractivity contribution is -0.132. The summed E-state index contributed by atoms with van der Waals surface area (Å²) in [5.74, 6) is 0.195. The van der Waals surface area contributed by atoms with Crippen LogP contribution in [0.4, 0.5) is 4.79 Å². The largest absolute Gasteiger partial charge is 0.496 e. The van der Waals surface area contributed by atoms with Gasteiger partial charge in [-0.05, 0) is 64.5 Å². The van der Waals surface area contributed by atoms with Crippen molar-refractivity contribution in [2.24, 2.45) is 22.7 Å². The van der Waals surface area contributed by atoms with Gasteiger partial charge in [-0.15, -0.1) is 11.8 Å². The summed E-state index contributed by atoms with van der Waals surface area (Å²) >= 11 is 1.73. The Labute approximate surface area is 322 Å². The number of sulfonamides is 1. The molecule has 1 aromatic heterocycles. The molecular formula is C39H52N6O7S2. The number of thioether (sulfide) groups is 1. The van der Waals surface area contributed by atoms with Gasteiger partial charge in [0.2, 0.25) is 15.9 Å². The summed E-state index contributed by atoms with van der Waals surface area (Å²) in [6, 6.07) is 4.27. The van der Waals surface area contributed by atoms with Gasteiger partial charge in [0.05, 0.1) is 34.7 Å². The fraction of sp³-hybridized carbons (Fsp3) is 0.615. The zero-order valence-electron chi connectivity index (χ0n) is 32.2. The van der Waals surface area contributed by atoms with E-state index in [4.69, 9.17) is 19.5 Å². The van der Waals surface area contributed by atoms with Crippen molar-refractivity contribution in [3.63, 3.8) is 0 Å². The minimum absolute atomic E-state index is 0.126. The van der Waals surface area contributed by atoms with E-state index in [-0.39, 0.29) is 31.0 Å². The maximum Gasteiger partial charge on any atom is 0.320 e. The van der Waals surface area contributed by atoms with Gasteiger partial charge < -0.3 is 24.6 Å². The maximum absolute atomic E-state index is 14.5. The summed E-state index contributed by atoms with van der Waals surface area (Å²) in [4.78, 5) is 55.8. The van der Waals surface area contributed by atoms with Crippen molar-refractivity contribution in [1.82, 2.24) is 24.8 Å². The summed E-state index contributed by atoms with van der Waals surface area (Å²) in [6.07, 6.45) is 6.81. The van der Waals surface area contributed by atoms with Crippen molar-refractivity contribution in [2.45, 2.75) is 102 Å². The lowest BCUT2D eigenvalue weighted by atomic mass is 9.98. The topological polar surface area (TPSA) is 160 Å². The van der Waals surface area contributed by atoms with Crippen LogP contribution in [0.5, 0.6) is 11.5 Å². The molecule has 2 saturated carbocycles. The monoisotopic (exact) mass is 780 g/mol. The zero-order valence-corrected chi connectivity index (χ0v) is 33.8. The first kappa shape index (κ1) is 38.4. The lowest BCUT2D eigenvalue weighted by Crippen LogP contribution is -2.58. The molecule has 1 unspecified atom stereocenters. The predicted molar refractivity (Wildman–Crippen MR) is 209 cm³/mol. The van der Waals surface area contributed by atoms with Gasteiger partial charge in [-0.25, -0.2) is 18.2 Å². The first-order valence-electron chi connectivity index (χ1n) is 19.0. The molecule has 3 fully saturated rings. The molecule has 2 aromatic rings. The number of fused-ring (bicyclic) bond motifs is 3. The number of methoxy groups -OCH3 is 1. The second-order valence-electron chi connectivity index (χ2n) is 16.2. The molecule has 4 heterocycles. The highest BCUT2D eigenvalue weighted by molar-refractivity contribution is 8.14. The molecule has 0 bridgehead atoms. The highest BCUT2D eigenvalue weighted by Gasteiger charge is 2.63. The van der Waals surface area contributed by atoms with Crippen LogP contribution < -0.4 is 19.5 Å². The van der Waals surface area contributed by atoms with E-state index in [2.05, 4.69) is 23.9 Å². The molecule has 4 amide bonds. The van der Waals surface area contributed by atoms with Crippen LogP contribution in [0.1, 0.15) is 83.5 Å². The normalized spacial score (nSPS) is 30.2. The standard InChI is InChI=1S/C39H52N6O7S2/c1-22(2)35-41-28(21-53-35)27-18-30(26-13-14-29(51-7)23(3)32(26)40-27)52-31-20-45-33(24(31)4)34(46)42-39(36(47)43-54(49,50)38(5)15-16-38)19-25(39)12-10-8-9-11-17-44(6)37(45)48/h10,12-14,18,22,24-25,28,31,33H,8-9,11,15-17,19-21H2,1-7H3,(H,42,46)(H,43,47)/b12-10-/t24-,25-,28?,31+,33+,39-/m1/s1. The number of allylic oxidation sites excluding steroid dienone is 1. The number of aryl methyl sites for hydroxylation is 1. The van der Waals surface area contributed by atoms with Crippen molar-refractivity contribution in [3.05, 3.63) is 41.6 Å². The number of amides is 4. The first-order valence-corrected chi connectivity index (χ1v) is 21.5. The van der Waals surface area contributed by atoms with Crippen LogP contribution in [-0.2, 0) is 19.6 Å². The molecule has 1 saturated heterocycles. The summed E-state index contributed by atoms with van der Waals surface area (Å²) in [5, 5.41) is 4.83. The van der Waals surface area contributed by atoms with Gasteiger partial charge in [0, 0.05) is 54.1 Å². The van der Waals surface area contributed by atoms with Crippen molar-refractivity contribution in [2.75, 3.05) is 33.0 Å². The minimum Gasteiger partial charge on any atom is -0.496 e. The number of ether oxygens (including phenoxy) is 2. The van der Waals surface area contributed by atoms with Crippen LogP contribution >= 0.6 is 11.8 Å². The molecule has 292 valence electrons. The number of rotatable bonds is 8. The van der Waals surface area contributed by atoms with Crippen molar-refractivity contribution in [1.29, 1.82) is 0 Å². The van der Waals surface area contributed by atoms with Crippen molar-refractivity contribution < 1.29 is 32.3 Å². The highest BCUT2D eigenvalue weighted by Crippen LogP contribution is 2.48. The quantitative estimate of drug-likeness (QED) is 0.347. The third-order valence-electron chi connectivity index (χ3n) is 11.9. The Bertz CT molecular complexity index is 2030. The third-order valence-corrected chi connectivity index (χ3v) is 15.4. The molecule has 0 radical (unpaired) electrons. The third kappa shape index (κ3) is 6.94. The van der Waals surface area contributed by atoms with E-state index in [1.165, 1.54) is 0 Å². The number of nitrogens with one attached hydrogen (secondary N) is 2. The highest BCUT2D eigenvalue weighted by atomic mass is 32.2. The van der Waals surface area contributed by atoms with Crippen LogP contribution in [-0.4, -0.2) is 102 Å². The smallest absolute Gasteiger partial charge is 0.320 e. The Balaban J connectivity index is 1.23. The summed E-state index contributed by atoms with van der Waals surface area (Å²) < 4.78 is 40.1. The van der Waals surface area contributed by atoms with Gasteiger partial charge in [0.15, 0.2) is 0 Å². The molecule has 7 rings (SSSR count). The van der Waals surface area contributed by atoms with Gasteiger partial charge in [0.25, 0.3) is 5.91 Å². The summed E-state index contributed by atoms with van der Waals surface area (Å²) in [7, 11) is -0.585. The van der Waals surface area contributed by atoms with Gasteiger partial charge in [-0.3, -0.25) is 19.3 Å². The Morgan fingerprint density at radius 1 is 1.17 bits per heavy atom. The van der Waals surface area contributed by atoms with Gasteiger partial charge in [-0.1, -0.05) is 32.9 Å². The molecule has 15 heteroatoms. The van der Waals surface area contributed by atoms with E-state index in [0.29, 0.717) is 36.8 Å². The van der Waals surface area contributed by atoms with Crippen molar-refractivity contribution in [3.8, 4) is 11.5 Å². The van der Waals surface area contributed by atoms with Crippen LogP contribution in [0.3, 0.4) is 0 Å². The van der Waals surface area contributed by atoms with E-state index in [1.807, 2.05) is 44.2 Å². The van der Waals surface area contributed by atoms with Gasteiger partial charge in [-0.2, -0.15) is 0 Å². The van der Waals surface area contributed by atoms with Crippen molar-refractivity contribution >= 4 is 55.6 Å². The number of carbonyl (C=O) groups excluding carboxylic acids is 3. The summed E-state index contributed by atoms with van der Waals surface area (Å²) in [6.45, 7) is 10.4. The van der Waals surface area contributed by atoms with Gasteiger partial charge in [0.1, 0.15) is 35.2 Å². The van der Waals surface area contributed by atoms with Crippen LogP contribution in [0.25, 0.3) is 10.9 Å². The number of pyridine rings is 1. The molecule has 54 heavy (non-hydrogen) atoms. The fourth-order valence-electron chi connectivity index (χ4n) is 7.84. The lowest BCUT2D eigenvalue weighted by Gasteiger charge is -2.31. The summed E-state index contributed by atoms with van der Waals surface area (Å²) in [5.41, 5.74) is 0.915. The molecule has 13 nitrogen and oxygen atoms in total. The number of aliphatic imine (C=N–C) groups is 1. The molecule has 2 N–H and O–H groups in total. The number of carbonyl (C=O) groups is 3. The number of hydrogen-bond acceptors (Lipinski definition) is 10. The minimum atomic E-state index is -3.94. The number of aromatic nitrogens is 1. The zero-order chi connectivity index (χ0) is 38.7. The molecule has 3 aliphatic heterocycles. The molecule has 0 spiro atoms. The molecule has 1 aromatic carbocycles. The second-order valence-corrected chi connectivity index (χ2v) is 19.4. The Hall–Kier alpha value is -3.85. The molecule has 5 aliphatic rings. The molecule has 6 atom stereocenters.